The van der Waals surface area contributed by atoms with Gasteiger partial charge in [-0.3, -0.25) is 14.9 Å². The fourth-order valence-electron chi connectivity index (χ4n) is 1.51. The maximum Gasteiger partial charge on any atom is 0.292 e. The van der Waals surface area contributed by atoms with Gasteiger partial charge in [-0.2, -0.15) is 0 Å². The lowest BCUT2D eigenvalue weighted by molar-refractivity contribution is -0.384. The van der Waals surface area contributed by atoms with Crippen LogP contribution in [0.5, 0.6) is 0 Å². The molecule has 1 aromatic rings. The van der Waals surface area contributed by atoms with E-state index in [4.69, 9.17) is 5.73 Å². The molecule has 0 aliphatic carbocycles. The molecule has 0 aliphatic rings. The molecule has 0 bridgehead atoms. The van der Waals surface area contributed by atoms with Crippen LogP contribution in [-0.2, 0) is 4.79 Å². The average Bonchev–Trinajstić information content (AvgIpc) is 2.36. The van der Waals surface area contributed by atoms with E-state index in [-0.39, 0.29) is 18.0 Å². The summed E-state index contributed by atoms with van der Waals surface area (Å²) in [4.78, 5) is 21.9. The number of para-hydroxylation sites is 2. The minimum Gasteiger partial charge on any atom is -0.379 e. The number of anilines is 1. The molecule has 7 heteroatoms. The number of rotatable bonds is 7. The third-order valence-corrected chi connectivity index (χ3v) is 2.51. The number of nitro groups is 1. The molecule has 0 atom stereocenters. The van der Waals surface area contributed by atoms with E-state index >= 15 is 0 Å². The molecule has 4 N–H and O–H groups in total. The largest absolute Gasteiger partial charge is 0.379 e. The van der Waals surface area contributed by atoms with Gasteiger partial charge in [0.15, 0.2) is 0 Å². The second-order valence-electron chi connectivity index (χ2n) is 5.22. The molecule has 0 heterocycles. The first-order valence-electron chi connectivity index (χ1n) is 6.32. The number of hydrogen-bond acceptors (Lipinski definition) is 5. The Labute approximate surface area is 117 Å². The van der Waals surface area contributed by atoms with E-state index in [0.29, 0.717) is 18.8 Å². The van der Waals surface area contributed by atoms with Crippen molar-refractivity contribution in [3.63, 3.8) is 0 Å². The van der Waals surface area contributed by atoms with Gasteiger partial charge < -0.3 is 16.4 Å². The van der Waals surface area contributed by atoms with E-state index in [9.17, 15) is 14.9 Å². The first kappa shape index (κ1) is 15.9. The van der Waals surface area contributed by atoms with Gasteiger partial charge in [-0.05, 0) is 19.9 Å². The van der Waals surface area contributed by atoms with Crippen LogP contribution in [0.25, 0.3) is 0 Å². The molecule has 0 radical (unpaired) electrons. The van der Waals surface area contributed by atoms with Gasteiger partial charge in [0.05, 0.1) is 4.92 Å². The molecular formula is C13H20N4O3. The highest BCUT2D eigenvalue weighted by Gasteiger charge is 2.13. The third-order valence-electron chi connectivity index (χ3n) is 2.51. The molecule has 0 saturated heterocycles. The molecule has 0 spiro atoms. The van der Waals surface area contributed by atoms with Gasteiger partial charge in [-0.1, -0.05) is 12.1 Å². The molecular weight excluding hydrogens is 260 g/mol. The second-order valence-corrected chi connectivity index (χ2v) is 5.22. The zero-order chi connectivity index (χ0) is 15.2. The van der Waals surface area contributed by atoms with Crippen molar-refractivity contribution < 1.29 is 9.72 Å². The molecule has 0 saturated carbocycles. The molecule has 20 heavy (non-hydrogen) atoms. The van der Waals surface area contributed by atoms with Crippen LogP contribution in [0.15, 0.2) is 24.3 Å². The fraction of sp³-hybridized carbons (Fsp3) is 0.462. The number of nitrogens with zero attached hydrogens (tertiary/aromatic N) is 1. The van der Waals surface area contributed by atoms with Crippen molar-refractivity contribution in [1.82, 2.24) is 5.32 Å². The first-order chi connectivity index (χ1) is 9.29. The summed E-state index contributed by atoms with van der Waals surface area (Å²) in [5.41, 5.74) is 5.70. The lowest BCUT2D eigenvalue weighted by Gasteiger charge is -2.18. The molecule has 110 valence electrons. The minimum atomic E-state index is -0.459. The van der Waals surface area contributed by atoms with Gasteiger partial charge in [0.25, 0.3) is 5.69 Å². The average molecular weight is 280 g/mol. The van der Waals surface area contributed by atoms with Crippen molar-refractivity contribution in [3.05, 3.63) is 34.4 Å². The topological polar surface area (TPSA) is 110 Å². The van der Waals surface area contributed by atoms with Gasteiger partial charge in [-0.15, -0.1) is 0 Å². The van der Waals surface area contributed by atoms with E-state index in [1.54, 1.807) is 18.2 Å². The number of carbonyl (C=O) groups is 1. The Morgan fingerprint density at radius 3 is 2.65 bits per heavy atom. The lowest BCUT2D eigenvalue weighted by Crippen LogP contribution is -2.45. The van der Waals surface area contributed by atoms with E-state index in [0.717, 1.165) is 0 Å². The third kappa shape index (κ3) is 5.66. The highest BCUT2D eigenvalue weighted by Crippen LogP contribution is 2.22. The number of benzene rings is 1. The normalized spacial score (nSPS) is 10.9. The molecule has 0 unspecified atom stereocenters. The van der Waals surface area contributed by atoms with Crippen molar-refractivity contribution in [1.29, 1.82) is 0 Å². The molecule has 7 nitrogen and oxygen atoms in total. The van der Waals surface area contributed by atoms with Gasteiger partial charge >= 0.3 is 0 Å². The van der Waals surface area contributed by atoms with Crippen molar-refractivity contribution in [2.24, 2.45) is 5.73 Å². The zero-order valence-electron chi connectivity index (χ0n) is 11.7. The predicted molar refractivity (Wildman–Crippen MR) is 77.5 cm³/mol. The summed E-state index contributed by atoms with van der Waals surface area (Å²) >= 11 is 0. The highest BCUT2D eigenvalue weighted by atomic mass is 16.6. The summed E-state index contributed by atoms with van der Waals surface area (Å²) in [7, 11) is 0. The quantitative estimate of drug-likeness (QED) is 0.514. The summed E-state index contributed by atoms with van der Waals surface area (Å²) in [5.74, 6) is -0.144. The molecule has 1 amide bonds. The van der Waals surface area contributed by atoms with Gasteiger partial charge in [0.1, 0.15) is 5.69 Å². The molecule has 0 fully saturated rings. The maximum absolute atomic E-state index is 11.6. The molecule has 0 aromatic heterocycles. The van der Waals surface area contributed by atoms with Crippen molar-refractivity contribution in [3.8, 4) is 0 Å². The van der Waals surface area contributed by atoms with E-state index in [1.165, 1.54) is 6.07 Å². The zero-order valence-corrected chi connectivity index (χ0v) is 11.7. The maximum atomic E-state index is 11.6. The summed E-state index contributed by atoms with van der Waals surface area (Å²) in [6, 6.07) is 6.32. The SMILES string of the molecule is CC(C)(N)CNC(=O)CCNc1ccccc1[N+](=O)[O-]. The standard InChI is InChI=1S/C13H20N4O3/c1-13(2,14)9-16-12(18)7-8-15-10-5-3-4-6-11(10)17(19)20/h3-6,15H,7-9,14H2,1-2H3,(H,16,18). The number of carbonyl (C=O) groups excluding carboxylic acids is 1. The minimum absolute atomic E-state index is 0.00370. The summed E-state index contributed by atoms with van der Waals surface area (Å²) in [5, 5.41) is 16.4. The van der Waals surface area contributed by atoms with Crippen molar-refractivity contribution >= 4 is 17.3 Å². The Morgan fingerprint density at radius 1 is 1.40 bits per heavy atom. The molecule has 1 rings (SSSR count). The number of nitrogens with one attached hydrogen (secondary N) is 2. The number of hydrogen-bond donors (Lipinski definition) is 3. The summed E-state index contributed by atoms with van der Waals surface area (Å²) in [6.45, 7) is 4.34. The predicted octanol–water partition coefficient (Wildman–Crippen LogP) is 1.25. The summed E-state index contributed by atoms with van der Waals surface area (Å²) < 4.78 is 0. The van der Waals surface area contributed by atoms with Crippen LogP contribution in [0.4, 0.5) is 11.4 Å². The van der Waals surface area contributed by atoms with Crippen LogP contribution >= 0.6 is 0 Å². The second kappa shape index (κ2) is 6.85. The van der Waals surface area contributed by atoms with Crippen LogP contribution in [0.3, 0.4) is 0 Å². The van der Waals surface area contributed by atoms with E-state index < -0.39 is 10.5 Å². The van der Waals surface area contributed by atoms with Crippen molar-refractivity contribution in [2.75, 3.05) is 18.4 Å². The lowest BCUT2D eigenvalue weighted by atomic mass is 10.1. The number of amides is 1. The Hall–Kier alpha value is -2.15. The Morgan fingerprint density at radius 2 is 2.05 bits per heavy atom. The van der Waals surface area contributed by atoms with Crippen molar-refractivity contribution in [2.45, 2.75) is 25.8 Å². The van der Waals surface area contributed by atoms with Crippen LogP contribution in [0.2, 0.25) is 0 Å². The van der Waals surface area contributed by atoms with E-state index in [2.05, 4.69) is 10.6 Å². The van der Waals surface area contributed by atoms with Crippen LogP contribution in [0, 0.1) is 10.1 Å². The van der Waals surface area contributed by atoms with Gasteiger partial charge in [-0.25, -0.2) is 0 Å². The Balaban J connectivity index is 2.41. The number of nitrogens with two attached hydrogens (primary N) is 1. The van der Waals surface area contributed by atoms with Crippen LogP contribution in [0.1, 0.15) is 20.3 Å². The van der Waals surface area contributed by atoms with E-state index in [1.807, 2.05) is 13.8 Å². The highest BCUT2D eigenvalue weighted by molar-refractivity contribution is 5.76. The first-order valence-corrected chi connectivity index (χ1v) is 6.32. The van der Waals surface area contributed by atoms with Gasteiger partial charge in [0.2, 0.25) is 5.91 Å². The Bertz CT molecular complexity index is 483. The van der Waals surface area contributed by atoms with Crippen LogP contribution < -0.4 is 16.4 Å². The Kier molecular flexibility index (Phi) is 5.45. The smallest absolute Gasteiger partial charge is 0.292 e. The monoisotopic (exact) mass is 280 g/mol. The summed E-state index contributed by atoms with van der Waals surface area (Å²) in [6.07, 6.45) is 0.224. The van der Waals surface area contributed by atoms with Gasteiger partial charge in [0, 0.05) is 31.1 Å². The molecule has 0 aliphatic heterocycles. The van der Waals surface area contributed by atoms with Crippen LogP contribution in [-0.4, -0.2) is 29.5 Å². The number of nitro benzene ring substituents is 1. The fourth-order valence-corrected chi connectivity index (χ4v) is 1.51. The molecule has 1 aromatic carbocycles.